The monoisotopic (exact) mass is 349 g/mol. The summed E-state index contributed by atoms with van der Waals surface area (Å²) in [4.78, 5) is 16.4. The summed E-state index contributed by atoms with van der Waals surface area (Å²) >= 11 is 0. The number of carbonyl (C=O) groups excluding carboxylic acids is 1. The fraction of sp³-hybridized carbons (Fsp3) is 0.273. The van der Waals surface area contributed by atoms with Gasteiger partial charge in [-0.05, 0) is 40.1 Å². The van der Waals surface area contributed by atoms with E-state index in [0.29, 0.717) is 12.8 Å². The van der Waals surface area contributed by atoms with Crippen LogP contribution in [0.3, 0.4) is 0 Å². The number of aromatic nitrogens is 1. The molecule has 0 radical (unpaired) electrons. The van der Waals surface area contributed by atoms with E-state index in [-0.39, 0.29) is 18.5 Å². The van der Waals surface area contributed by atoms with Crippen LogP contribution >= 0.6 is 0 Å². The second-order valence-corrected chi connectivity index (χ2v) is 6.25. The van der Waals surface area contributed by atoms with Crippen molar-refractivity contribution in [1.82, 2.24) is 4.98 Å². The Morgan fingerprint density at radius 2 is 1.88 bits per heavy atom. The van der Waals surface area contributed by atoms with E-state index in [1.165, 1.54) is 0 Å². The van der Waals surface area contributed by atoms with Crippen molar-refractivity contribution in [2.24, 2.45) is 0 Å². The molecule has 1 aromatic heterocycles. The van der Waals surface area contributed by atoms with Crippen LogP contribution in [0.5, 0.6) is 5.75 Å². The number of carbonyl (C=O) groups is 1. The SMILES string of the molecule is CCC(=O)CC(c1cccnc1)c1ccc2cc(OCOC)ccc2c1. The molecule has 0 aliphatic rings. The predicted octanol–water partition coefficient (Wildman–Crippen LogP) is 4.72. The largest absolute Gasteiger partial charge is 0.468 e. The van der Waals surface area contributed by atoms with E-state index < -0.39 is 0 Å². The van der Waals surface area contributed by atoms with Crippen molar-refractivity contribution < 1.29 is 14.3 Å². The standard InChI is InChI=1S/C22H23NO3/c1-3-20(24)13-22(19-5-4-10-23-14-19)18-7-6-17-12-21(26-15-25-2)9-8-16(17)11-18/h4-12,14,22H,3,13,15H2,1-2H3. The quantitative estimate of drug-likeness (QED) is 0.552. The van der Waals surface area contributed by atoms with E-state index in [9.17, 15) is 4.79 Å². The molecular formula is C22H23NO3. The van der Waals surface area contributed by atoms with Crippen LogP contribution in [0.25, 0.3) is 10.8 Å². The number of Topliss-reactive ketones (excluding diaryl/α,β-unsaturated/α-hetero) is 1. The third kappa shape index (κ3) is 4.27. The highest BCUT2D eigenvalue weighted by Crippen LogP contribution is 2.31. The van der Waals surface area contributed by atoms with E-state index in [2.05, 4.69) is 23.2 Å². The highest BCUT2D eigenvalue weighted by Gasteiger charge is 2.18. The Hall–Kier alpha value is -2.72. The predicted molar refractivity (Wildman–Crippen MR) is 102 cm³/mol. The molecule has 3 rings (SSSR count). The first-order chi connectivity index (χ1) is 12.7. The van der Waals surface area contributed by atoms with Crippen molar-refractivity contribution in [3.63, 3.8) is 0 Å². The first kappa shape index (κ1) is 18.1. The smallest absolute Gasteiger partial charge is 0.188 e. The van der Waals surface area contributed by atoms with Crippen LogP contribution in [-0.2, 0) is 9.53 Å². The van der Waals surface area contributed by atoms with Crippen molar-refractivity contribution >= 4 is 16.6 Å². The summed E-state index contributed by atoms with van der Waals surface area (Å²) in [6, 6.07) is 16.2. The van der Waals surface area contributed by atoms with Gasteiger partial charge in [-0.3, -0.25) is 9.78 Å². The Labute approximate surface area is 153 Å². The second kappa shape index (κ2) is 8.59. The Bertz CT molecular complexity index is 877. The lowest BCUT2D eigenvalue weighted by atomic mass is 9.86. The molecule has 0 spiro atoms. The summed E-state index contributed by atoms with van der Waals surface area (Å²) in [5, 5.41) is 2.21. The normalized spacial score (nSPS) is 12.1. The zero-order chi connectivity index (χ0) is 18.4. The van der Waals surface area contributed by atoms with Gasteiger partial charge in [-0.2, -0.15) is 0 Å². The summed E-state index contributed by atoms with van der Waals surface area (Å²) < 4.78 is 10.4. The molecule has 0 fully saturated rings. The van der Waals surface area contributed by atoms with Gasteiger partial charge < -0.3 is 9.47 Å². The van der Waals surface area contributed by atoms with Gasteiger partial charge >= 0.3 is 0 Å². The van der Waals surface area contributed by atoms with Crippen LogP contribution in [0.4, 0.5) is 0 Å². The molecule has 26 heavy (non-hydrogen) atoms. The number of rotatable bonds is 8. The lowest BCUT2D eigenvalue weighted by Gasteiger charge is -2.17. The zero-order valence-electron chi connectivity index (χ0n) is 15.1. The first-order valence-electron chi connectivity index (χ1n) is 8.78. The molecule has 0 amide bonds. The van der Waals surface area contributed by atoms with Gasteiger partial charge in [-0.15, -0.1) is 0 Å². The number of ketones is 1. The number of fused-ring (bicyclic) bond motifs is 1. The summed E-state index contributed by atoms with van der Waals surface area (Å²) in [7, 11) is 1.60. The van der Waals surface area contributed by atoms with Gasteiger partial charge in [0.05, 0.1) is 0 Å². The summed E-state index contributed by atoms with van der Waals surface area (Å²) in [6.07, 6.45) is 4.64. The number of ether oxygens (including phenoxy) is 2. The first-order valence-corrected chi connectivity index (χ1v) is 8.78. The molecule has 0 saturated carbocycles. The number of hydrogen-bond acceptors (Lipinski definition) is 4. The van der Waals surface area contributed by atoms with Gasteiger partial charge in [-0.25, -0.2) is 0 Å². The number of nitrogens with zero attached hydrogens (tertiary/aromatic N) is 1. The number of hydrogen-bond donors (Lipinski definition) is 0. The van der Waals surface area contributed by atoms with Crippen LogP contribution in [0.1, 0.15) is 36.8 Å². The lowest BCUT2D eigenvalue weighted by Crippen LogP contribution is -2.08. The minimum Gasteiger partial charge on any atom is -0.468 e. The van der Waals surface area contributed by atoms with Crippen molar-refractivity contribution in [3.8, 4) is 5.75 Å². The van der Waals surface area contributed by atoms with Crippen LogP contribution < -0.4 is 4.74 Å². The van der Waals surface area contributed by atoms with E-state index >= 15 is 0 Å². The van der Waals surface area contributed by atoms with Crippen LogP contribution in [-0.4, -0.2) is 24.7 Å². The molecular weight excluding hydrogens is 326 g/mol. The van der Waals surface area contributed by atoms with Gasteiger partial charge in [0.1, 0.15) is 11.5 Å². The molecule has 0 N–H and O–H groups in total. The summed E-state index contributed by atoms with van der Waals surface area (Å²) in [5.74, 6) is 1.05. The Balaban J connectivity index is 1.95. The fourth-order valence-electron chi connectivity index (χ4n) is 3.06. The Morgan fingerprint density at radius 3 is 2.62 bits per heavy atom. The molecule has 1 atom stereocenters. The number of pyridine rings is 1. The molecule has 2 aromatic carbocycles. The van der Waals surface area contributed by atoms with E-state index in [0.717, 1.165) is 27.6 Å². The van der Waals surface area contributed by atoms with Crippen molar-refractivity contribution in [3.05, 3.63) is 72.1 Å². The van der Waals surface area contributed by atoms with Gasteiger partial charge in [0.25, 0.3) is 0 Å². The average Bonchev–Trinajstić information content (AvgIpc) is 2.70. The molecule has 0 saturated heterocycles. The Morgan fingerprint density at radius 1 is 1.08 bits per heavy atom. The van der Waals surface area contributed by atoms with Crippen LogP contribution in [0.15, 0.2) is 60.9 Å². The molecule has 134 valence electrons. The highest BCUT2D eigenvalue weighted by atomic mass is 16.7. The molecule has 1 heterocycles. The van der Waals surface area contributed by atoms with Crippen molar-refractivity contribution in [1.29, 1.82) is 0 Å². The van der Waals surface area contributed by atoms with Gasteiger partial charge in [0.15, 0.2) is 6.79 Å². The molecule has 3 aromatic rings. The topological polar surface area (TPSA) is 48.4 Å². The molecule has 4 nitrogen and oxygen atoms in total. The van der Waals surface area contributed by atoms with Gasteiger partial charge in [0.2, 0.25) is 0 Å². The molecule has 4 heteroatoms. The van der Waals surface area contributed by atoms with Crippen LogP contribution in [0, 0.1) is 0 Å². The molecule has 0 bridgehead atoms. The van der Waals surface area contributed by atoms with E-state index in [1.807, 2.05) is 43.5 Å². The van der Waals surface area contributed by atoms with Crippen molar-refractivity contribution in [2.75, 3.05) is 13.9 Å². The lowest BCUT2D eigenvalue weighted by molar-refractivity contribution is -0.118. The number of methoxy groups -OCH3 is 1. The minimum absolute atomic E-state index is 0.0185. The zero-order valence-corrected chi connectivity index (χ0v) is 15.1. The third-order valence-corrected chi connectivity index (χ3v) is 4.49. The molecule has 0 aliphatic heterocycles. The molecule has 0 aliphatic carbocycles. The molecule has 1 unspecified atom stereocenters. The maximum absolute atomic E-state index is 12.1. The maximum atomic E-state index is 12.1. The van der Waals surface area contributed by atoms with E-state index in [4.69, 9.17) is 9.47 Å². The summed E-state index contributed by atoms with van der Waals surface area (Å²) in [5.41, 5.74) is 2.19. The fourth-order valence-corrected chi connectivity index (χ4v) is 3.06. The second-order valence-electron chi connectivity index (χ2n) is 6.25. The summed E-state index contributed by atoms with van der Waals surface area (Å²) in [6.45, 7) is 2.14. The van der Waals surface area contributed by atoms with Gasteiger partial charge in [0, 0.05) is 38.3 Å². The van der Waals surface area contributed by atoms with Crippen molar-refractivity contribution in [2.45, 2.75) is 25.7 Å². The average molecular weight is 349 g/mol. The maximum Gasteiger partial charge on any atom is 0.188 e. The van der Waals surface area contributed by atoms with Gasteiger partial charge in [-0.1, -0.05) is 37.3 Å². The number of benzene rings is 2. The highest BCUT2D eigenvalue weighted by molar-refractivity contribution is 5.85. The minimum atomic E-state index is 0.0185. The third-order valence-electron chi connectivity index (χ3n) is 4.49. The van der Waals surface area contributed by atoms with E-state index in [1.54, 1.807) is 13.3 Å². The van der Waals surface area contributed by atoms with Crippen LogP contribution in [0.2, 0.25) is 0 Å². The Kier molecular flexibility index (Phi) is 5.97.